The molecule has 0 spiro atoms. The highest BCUT2D eigenvalue weighted by molar-refractivity contribution is 6.28. The molecule has 1 aromatic rings. The van der Waals surface area contributed by atoms with Gasteiger partial charge in [-0.3, -0.25) is 0 Å². The minimum atomic E-state index is -0.0292. The van der Waals surface area contributed by atoms with E-state index in [9.17, 15) is 4.79 Å². The molecule has 4 rings (SSSR count). The van der Waals surface area contributed by atoms with Crippen LogP contribution in [0, 0.1) is 5.41 Å². The van der Waals surface area contributed by atoms with Crippen molar-refractivity contribution in [1.29, 1.82) is 0 Å². The first-order valence-electron chi connectivity index (χ1n) is 6.14. The zero-order valence-corrected chi connectivity index (χ0v) is 10.4. The molecule has 3 fully saturated rings. The van der Waals surface area contributed by atoms with Crippen molar-refractivity contribution >= 4 is 17.9 Å². The maximum absolute atomic E-state index is 11.2. The maximum Gasteiger partial charge on any atom is 0.222 e. The lowest BCUT2D eigenvalue weighted by atomic mass is 9.53. The van der Waals surface area contributed by atoms with E-state index >= 15 is 0 Å². The van der Waals surface area contributed by atoms with Gasteiger partial charge in [0.1, 0.15) is 6.29 Å². The minimum absolute atomic E-state index is 0.0292. The van der Waals surface area contributed by atoms with E-state index in [0.29, 0.717) is 5.28 Å². The Balaban J connectivity index is 1.93. The van der Waals surface area contributed by atoms with Crippen molar-refractivity contribution < 1.29 is 4.79 Å². The Hall–Kier alpha value is -0.960. The summed E-state index contributed by atoms with van der Waals surface area (Å²) in [4.78, 5) is 19.5. The number of hydrogen-bond donors (Lipinski definition) is 0. The van der Waals surface area contributed by atoms with Crippen LogP contribution in [0.25, 0.3) is 0 Å². The predicted octanol–water partition coefficient (Wildman–Crippen LogP) is 2.92. The lowest BCUT2D eigenvalue weighted by molar-refractivity contribution is -0.122. The standard InChI is InChI=1S/C13H15ClN2O/c14-11-15-8-1-10(16-11)13-5-2-12(9-17,3-6-13)4-7-13/h1,8-9H,2-7H2. The largest absolute Gasteiger partial charge is 0.303 e. The number of carbonyl (C=O) groups excluding carboxylic acids is 1. The van der Waals surface area contributed by atoms with Crippen molar-refractivity contribution in [1.82, 2.24) is 9.97 Å². The number of hydrogen-bond acceptors (Lipinski definition) is 3. The van der Waals surface area contributed by atoms with Crippen LogP contribution in [0.3, 0.4) is 0 Å². The third-order valence-corrected chi connectivity index (χ3v) is 4.91. The van der Waals surface area contributed by atoms with Crippen LogP contribution >= 0.6 is 11.6 Å². The van der Waals surface area contributed by atoms with Gasteiger partial charge in [0.05, 0.1) is 5.69 Å². The molecule has 2 bridgehead atoms. The average Bonchev–Trinajstić information content (AvgIpc) is 2.41. The number of aldehydes is 1. The number of halogens is 1. The molecule has 0 unspecified atom stereocenters. The van der Waals surface area contributed by atoms with Gasteiger partial charge in [-0.2, -0.15) is 0 Å². The molecule has 1 heterocycles. The average molecular weight is 251 g/mol. The molecule has 4 heteroatoms. The van der Waals surface area contributed by atoms with Gasteiger partial charge in [0.15, 0.2) is 0 Å². The van der Waals surface area contributed by atoms with E-state index < -0.39 is 0 Å². The Morgan fingerprint density at radius 3 is 2.35 bits per heavy atom. The molecule has 90 valence electrons. The van der Waals surface area contributed by atoms with E-state index in [4.69, 9.17) is 11.6 Å². The van der Waals surface area contributed by atoms with E-state index in [1.807, 2.05) is 6.07 Å². The SMILES string of the molecule is O=CC12CCC(c3ccnc(Cl)n3)(CC1)CC2. The second-order valence-corrected chi connectivity index (χ2v) is 5.81. The summed E-state index contributed by atoms with van der Waals surface area (Å²) >= 11 is 5.87. The molecule has 17 heavy (non-hydrogen) atoms. The Morgan fingerprint density at radius 1 is 1.18 bits per heavy atom. The maximum atomic E-state index is 11.2. The Morgan fingerprint density at radius 2 is 1.82 bits per heavy atom. The monoisotopic (exact) mass is 250 g/mol. The highest BCUT2D eigenvalue weighted by Gasteiger charge is 2.50. The van der Waals surface area contributed by atoms with Crippen LogP contribution in [0.2, 0.25) is 5.28 Å². The fourth-order valence-electron chi connectivity index (χ4n) is 3.41. The molecule has 0 N–H and O–H groups in total. The van der Waals surface area contributed by atoms with Crippen LogP contribution in [0.4, 0.5) is 0 Å². The van der Waals surface area contributed by atoms with E-state index in [1.54, 1.807) is 6.20 Å². The molecule has 3 aliphatic carbocycles. The summed E-state index contributed by atoms with van der Waals surface area (Å²) in [5.74, 6) is 0. The van der Waals surface area contributed by atoms with Gasteiger partial charge in [-0.25, -0.2) is 9.97 Å². The summed E-state index contributed by atoms with van der Waals surface area (Å²) in [5, 5.41) is 0.328. The van der Waals surface area contributed by atoms with E-state index in [0.717, 1.165) is 44.2 Å². The summed E-state index contributed by atoms with van der Waals surface area (Å²) in [6.45, 7) is 0. The summed E-state index contributed by atoms with van der Waals surface area (Å²) in [7, 11) is 0. The van der Waals surface area contributed by atoms with Crippen molar-refractivity contribution in [3.8, 4) is 0 Å². The summed E-state index contributed by atoms with van der Waals surface area (Å²) in [6, 6.07) is 1.98. The Labute approximate surface area is 106 Å². The molecule has 3 aliphatic rings. The second kappa shape index (κ2) is 3.77. The zero-order chi connectivity index (χ0) is 11.9. The minimum Gasteiger partial charge on any atom is -0.303 e. The van der Waals surface area contributed by atoms with Crippen LogP contribution in [0.1, 0.15) is 44.2 Å². The van der Waals surface area contributed by atoms with E-state index in [-0.39, 0.29) is 10.8 Å². The molecule has 0 amide bonds. The Kier molecular flexibility index (Phi) is 2.47. The number of aromatic nitrogens is 2. The predicted molar refractivity (Wildman–Crippen MR) is 64.9 cm³/mol. The van der Waals surface area contributed by atoms with Gasteiger partial charge in [0.25, 0.3) is 0 Å². The van der Waals surface area contributed by atoms with Gasteiger partial charge in [-0.1, -0.05) is 0 Å². The van der Waals surface area contributed by atoms with Gasteiger partial charge in [-0.05, 0) is 56.2 Å². The molecule has 3 nitrogen and oxygen atoms in total. The zero-order valence-electron chi connectivity index (χ0n) is 9.66. The number of rotatable bonds is 2. The number of carbonyl (C=O) groups is 1. The highest BCUT2D eigenvalue weighted by Crippen LogP contribution is 2.56. The van der Waals surface area contributed by atoms with Crippen molar-refractivity contribution in [2.24, 2.45) is 5.41 Å². The smallest absolute Gasteiger partial charge is 0.222 e. The molecule has 0 aromatic carbocycles. The van der Waals surface area contributed by atoms with Gasteiger partial charge < -0.3 is 4.79 Å². The summed E-state index contributed by atoms with van der Waals surface area (Å²) in [5.41, 5.74) is 1.19. The fourth-order valence-corrected chi connectivity index (χ4v) is 3.55. The third kappa shape index (κ3) is 1.68. The third-order valence-electron chi connectivity index (χ3n) is 4.72. The molecular formula is C13H15ClN2O. The molecule has 0 saturated heterocycles. The van der Waals surface area contributed by atoms with Crippen LogP contribution in [-0.4, -0.2) is 16.3 Å². The second-order valence-electron chi connectivity index (χ2n) is 5.47. The van der Waals surface area contributed by atoms with E-state index in [1.165, 1.54) is 6.29 Å². The molecule has 1 aromatic heterocycles. The number of nitrogens with zero attached hydrogens (tertiary/aromatic N) is 2. The Bertz CT molecular complexity index is 436. The van der Waals surface area contributed by atoms with Crippen molar-refractivity contribution in [2.45, 2.75) is 43.9 Å². The topological polar surface area (TPSA) is 42.9 Å². The fraction of sp³-hybridized carbons (Fsp3) is 0.615. The van der Waals surface area contributed by atoms with Gasteiger partial charge in [0, 0.05) is 17.0 Å². The van der Waals surface area contributed by atoms with Gasteiger partial charge >= 0.3 is 0 Å². The van der Waals surface area contributed by atoms with Crippen LogP contribution in [0.5, 0.6) is 0 Å². The first kappa shape index (κ1) is 11.1. The molecule has 3 saturated carbocycles. The number of fused-ring (bicyclic) bond motifs is 3. The quantitative estimate of drug-likeness (QED) is 0.599. The highest BCUT2D eigenvalue weighted by atomic mass is 35.5. The van der Waals surface area contributed by atoms with Crippen molar-refractivity contribution in [3.05, 3.63) is 23.2 Å². The van der Waals surface area contributed by atoms with Crippen molar-refractivity contribution in [3.63, 3.8) is 0 Å². The van der Waals surface area contributed by atoms with Crippen molar-refractivity contribution in [2.75, 3.05) is 0 Å². The first-order chi connectivity index (χ1) is 8.18. The van der Waals surface area contributed by atoms with Crippen LogP contribution in [-0.2, 0) is 10.2 Å². The molecular weight excluding hydrogens is 236 g/mol. The van der Waals surface area contributed by atoms with Gasteiger partial charge in [-0.15, -0.1) is 0 Å². The normalized spacial score (nSPS) is 35.8. The lowest BCUT2D eigenvalue weighted by Gasteiger charge is -2.50. The molecule has 0 atom stereocenters. The summed E-state index contributed by atoms with van der Waals surface area (Å²) < 4.78 is 0. The molecule has 0 aliphatic heterocycles. The first-order valence-corrected chi connectivity index (χ1v) is 6.51. The summed E-state index contributed by atoms with van der Waals surface area (Å²) in [6.07, 6.45) is 9.07. The van der Waals surface area contributed by atoms with E-state index in [2.05, 4.69) is 9.97 Å². The lowest BCUT2D eigenvalue weighted by Crippen LogP contribution is -2.45. The van der Waals surface area contributed by atoms with Crippen LogP contribution < -0.4 is 0 Å². The van der Waals surface area contributed by atoms with Crippen LogP contribution in [0.15, 0.2) is 12.3 Å². The van der Waals surface area contributed by atoms with Gasteiger partial charge in [0.2, 0.25) is 5.28 Å². The molecule has 0 radical (unpaired) electrons.